The monoisotopic (exact) mass is 289 g/mol. The molecule has 1 fully saturated rings. The van der Waals surface area contributed by atoms with Gasteiger partial charge in [0.25, 0.3) is 0 Å². The highest BCUT2D eigenvalue weighted by Crippen LogP contribution is 2.39. The summed E-state index contributed by atoms with van der Waals surface area (Å²) in [5.74, 6) is 1.98. The van der Waals surface area contributed by atoms with E-state index in [2.05, 4.69) is 26.5 Å². The average Bonchev–Trinajstić information content (AvgIpc) is 3.11. The second kappa shape index (κ2) is 5.52. The highest BCUT2D eigenvalue weighted by atomic mass is 16.5. The Morgan fingerprint density at radius 3 is 2.86 bits per heavy atom. The molecule has 3 heterocycles. The molecule has 0 radical (unpaired) electrons. The van der Waals surface area contributed by atoms with E-state index in [9.17, 15) is 0 Å². The van der Waals surface area contributed by atoms with Crippen LogP contribution in [-0.4, -0.2) is 37.9 Å². The second-order valence-electron chi connectivity index (χ2n) is 5.71. The van der Waals surface area contributed by atoms with Gasteiger partial charge in [-0.05, 0) is 26.3 Å². The van der Waals surface area contributed by atoms with Gasteiger partial charge < -0.3 is 9.30 Å². The predicted molar refractivity (Wildman–Crippen MR) is 80.1 cm³/mol. The molecule has 0 aliphatic carbocycles. The summed E-state index contributed by atoms with van der Waals surface area (Å²) in [5, 5.41) is 4.52. The first-order valence-corrected chi connectivity index (χ1v) is 7.39. The summed E-state index contributed by atoms with van der Waals surface area (Å²) in [7, 11) is 5.70. The summed E-state index contributed by atoms with van der Waals surface area (Å²) < 4.78 is 9.49. The van der Waals surface area contributed by atoms with Gasteiger partial charge in [-0.1, -0.05) is 0 Å². The minimum Gasteiger partial charge on any atom is -0.481 e. The molecule has 0 spiro atoms. The first kappa shape index (κ1) is 14.1. The topological polar surface area (TPSA) is 48.1 Å². The molecule has 1 saturated heterocycles. The van der Waals surface area contributed by atoms with Crippen molar-refractivity contribution in [1.29, 1.82) is 0 Å². The van der Waals surface area contributed by atoms with Gasteiger partial charge in [0, 0.05) is 32.5 Å². The van der Waals surface area contributed by atoms with E-state index in [0.29, 0.717) is 6.04 Å². The van der Waals surface area contributed by atoms with Crippen LogP contribution < -0.4 is 4.74 Å². The van der Waals surface area contributed by atoms with Crippen LogP contribution in [0, 0.1) is 6.92 Å². The number of hydrogen-bond acceptors (Lipinski definition) is 4. The lowest BCUT2D eigenvalue weighted by molar-refractivity contribution is 0.233. The van der Waals surface area contributed by atoms with Gasteiger partial charge in [-0.2, -0.15) is 5.10 Å². The average molecular weight is 289 g/mol. The third kappa shape index (κ3) is 2.44. The molecule has 6 heteroatoms. The van der Waals surface area contributed by atoms with E-state index in [0.717, 1.165) is 36.9 Å². The van der Waals surface area contributed by atoms with E-state index in [4.69, 9.17) is 4.74 Å². The summed E-state index contributed by atoms with van der Waals surface area (Å²) in [5.41, 5.74) is 2.29. The molecule has 2 aromatic rings. The van der Waals surface area contributed by atoms with E-state index in [1.165, 1.54) is 12.0 Å². The van der Waals surface area contributed by atoms with E-state index < -0.39 is 0 Å². The maximum Gasteiger partial charge on any atom is 0.216 e. The van der Waals surface area contributed by atoms with Gasteiger partial charge in [0.05, 0.1) is 24.9 Å². The van der Waals surface area contributed by atoms with E-state index >= 15 is 0 Å². The lowest BCUT2D eigenvalue weighted by atomic mass is 10.1. The van der Waals surface area contributed by atoms with Crippen LogP contribution >= 0.6 is 0 Å². The van der Waals surface area contributed by atoms with Crippen molar-refractivity contribution in [3.63, 3.8) is 0 Å². The molecule has 0 unspecified atom stereocenters. The third-order valence-electron chi connectivity index (χ3n) is 4.37. The van der Waals surface area contributed by atoms with Crippen LogP contribution in [0.4, 0.5) is 0 Å². The molecule has 0 amide bonds. The first-order chi connectivity index (χ1) is 10.1. The van der Waals surface area contributed by atoms with E-state index in [1.54, 1.807) is 7.11 Å². The van der Waals surface area contributed by atoms with Crippen LogP contribution in [0.5, 0.6) is 5.88 Å². The van der Waals surface area contributed by atoms with Crippen LogP contribution in [0.25, 0.3) is 0 Å². The highest BCUT2D eigenvalue weighted by molar-refractivity contribution is 5.35. The maximum atomic E-state index is 5.57. The fourth-order valence-corrected chi connectivity index (χ4v) is 3.35. The molecule has 3 rings (SSSR count). The fourth-order valence-electron chi connectivity index (χ4n) is 3.35. The van der Waals surface area contributed by atoms with Gasteiger partial charge in [-0.15, -0.1) is 0 Å². The normalized spacial score (nSPS) is 19.3. The molecule has 6 nitrogen and oxygen atoms in total. The molecule has 0 bridgehead atoms. The third-order valence-corrected chi connectivity index (χ3v) is 4.37. The van der Waals surface area contributed by atoms with Crippen molar-refractivity contribution in [3.05, 3.63) is 29.5 Å². The van der Waals surface area contributed by atoms with Crippen molar-refractivity contribution in [2.75, 3.05) is 13.7 Å². The van der Waals surface area contributed by atoms with Crippen molar-refractivity contribution in [2.24, 2.45) is 14.1 Å². The van der Waals surface area contributed by atoms with Crippen molar-refractivity contribution in [3.8, 4) is 5.88 Å². The molecule has 21 heavy (non-hydrogen) atoms. The summed E-state index contributed by atoms with van der Waals surface area (Å²) in [4.78, 5) is 6.93. The molecule has 0 N–H and O–H groups in total. The summed E-state index contributed by atoms with van der Waals surface area (Å²) in [6, 6.07) is 0.366. The number of aryl methyl sites for hydroxylation is 3. The van der Waals surface area contributed by atoms with Crippen molar-refractivity contribution < 1.29 is 4.74 Å². The zero-order valence-electron chi connectivity index (χ0n) is 13.2. The Morgan fingerprint density at radius 1 is 1.38 bits per heavy atom. The predicted octanol–water partition coefficient (Wildman–Crippen LogP) is 1.81. The Labute approximate surface area is 125 Å². The van der Waals surface area contributed by atoms with Gasteiger partial charge in [0.15, 0.2) is 0 Å². The van der Waals surface area contributed by atoms with Crippen molar-refractivity contribution >= 4 is 0 Å². The molecule has 0 saturated carbocycles. The Kier molecular flexibility index (Phi) is 3.71. The van der Waals surface area contributed by atoms with Crippen LogP contribution in [0.3, 0.4) is 0 Å². The van der Waals surface area contributed by atoms with Gasteiger partial charge in [-0.3, -0.25) is 4.90 Å². The van der Waals surface area contributed by atoms with Gasteiger partial charge in [0.1, 0.15) is 5.82 Å². The molecular weight excluding hydrogens is 266 g/mol. The Hall–Kier alpha value is -1.82. The largest absolute Gasteiger partial charge is 0.481 e. The first-order valence-electron chi connectivity index (χ1n) is 7.39. The molecule has 2 aromatic heterocycles. The number of methoxy groups -OCH3 is 1. The van der Waals surface area contributed by atoms with Crippen LogP contribution in [0.15, 0.2) is 12.4 Å². The molecule has 0 aromatic carbocycles. The standard InChI is InChI=1S/C15H23N5O/c1-11-14(15(21-4)19(3)17-11)12-6-5-8-20(12)10-13-16-7-9-18(13)2/h7,9,12H,5-6,8,10H2,1-4H3/t12-/m0/s1. The lowest BCUT2D eigenvalue weighted by Gasteiger charge is -2.24. The minimum absolute atomic E-state index is 0.366. The molecule has 1 atom stereocenters. The molecule has 1 aliphatic heterocycles. The fraction of sp³-hybridized carbons (Fsp3) is 0.600. The van der Waals surface area contributed by atoms with Gasteiger partial charge in [0.2, 0.25) is 5.88 Å². The molecule has 114 valence electrons. The lowest BCUT2D eigenvalue weighted by Crippen LogP contribution is -2.25. The Bertz CT molecular complexity index is 630. The quantitative estimate of drug-likeness (QED) is 0.861. The minimum atomic E-state index is 0.366. The highest BCUT2D eigenvalue weighted by Gasteiger charge is 2.32. The molecule has 1 aliphatic rings. The van der Waals surface area contributed by atoms with Crippen molar-refractivity contribution in [2.45, 2.75) is 32.4 Å². The SMILES string of the molecule is COc1c([C@@H]2CCCN2Cc2nccn2C)c(C)nn1C. The number of ether oxygens (including phenoxy) is 1. The smallest absolute Gasteiger partial charge is 0.216 e. The zero-order valence-corrected chi connectivity index (χ0v) is 13.2. The number of rotatable bonds is 4. The van der Waals surface area contributed by atoms with E-state index in [-0.39, 0.29) is 0 Å². The van der Waals surface area contributed by atoms with Crippen LogP contribution in [0.2, 0.25) is 0 Å². The van der Waals surface area contributed by atoms with E-state index in [1.807, 2.05) is 31.2 Å². The maximum absolute atomic E-state index is 5.57. The zero-order chi connectivity index (χ0) is 15.0. The molecular formula is C15H23N5O. The van der Waals surface area contributed by atoms with Crippen LogP contribution in [0.1, 0.15) is 36.0 Å². The Balaban J connectivity index is 1.89. The number of nitrogens with zero attached hydrogens (tertiary/aromatic N) is 5. The van der Waals surface area contributed by atoms with Gasteiger partial charge >= 0.3 is 0 Å². The number of aromatic nitrogens is 4. The Morgan fingerprint density at radius 2 is 2.19 bits per heavy atom. The van der Waals surface area contributed by atoms with Crippen LogP contribution in [-0.2, 0) is 20.6 Å². The summed E-state index contributed by atoms with van der Waals surface area (Å²) in [6.07, 6.45) is 6.20. The number of hydrogen-bond donors (Lipinski definition) is 0. The van der Waals surface area contributed by atoms with Gasteiger partial charge in [-0.25, -0.2) is 9.67 Å². The number of imidazole rings is 1. The summed E-state index contributed by atoms with van der Waals surface area (Å²) >= 11 is 0. The van der Waals surface area contributed by atoms with Crippen molar-refractivity contribution in [1.82, 2.24) is 24.2 Å². The summed E-state index contributed by atoms with van der Waals surface area (Å²) in [6.45, 7) is 4.02. The number of likely N-dealkylation sites (tertiary alicyclic amines) is 1. The second-order valence-corrected chi connectivity index (χ2v) is 5.71.